The third-order valence-electron chi connectivity index (χ3n) is 6.67. The van der Waals surface area contributed by atoms with E-state index in [1.54, 1.807) is 35.4 Å². The number of carbonyl (C=O) groups is 1. The topological polar surface area (TPSA) is 32.7 Å². The number of hydrogen-bond donors (Lipinski definition) is 0. The summed E-state index contributed by atoms with van der Waals surface area (Å²) in [6.07, 6.45) is 8.09. The highest BCUT2D eigenvalue weighted by atomic mass is 35.5. The van der Waals surface area contributed by atoms with E-state index < -0.39 is 5.76 Å². The number of carbonyl (C=O) groups excluding carboxylic acids is 1. The van der Waals surface area contributed by atoms with Crippen LogP contribution in [0.25, 0.3) is 12.2 Å². The third-order valence-corrected chi connectivity index (χ3v) is 7.90. The summed E-state index contributed by atoms with van der Waals surface area (Å²) in [7, 11) is 0. The van der Waals surface area contributed by atoms with E-state index in [0.717, 1.165) is 47.2 Å². The number of halogens is 4. The van der Waals surface area contributed by atoms with Crippen LogP contribution in [0.1, 0.15) is 42.0 Å². The van der Waals surface area contributed by atoms with Gasteiger partial charge in [-0.15, -0.1) is 0 Å². The van der Waals surface area contributed by atoms with E-state index in [1.807, 2.05) is 48.5 Å². The Balaban J connectivity index is 1.45. The van der Waals surface area contributed by atoms with Crippen molar-refractivity contribution in [3.63, 3.8) is 0 Å². The summed E-state index contributed by atoms with van der Waals surface area (Å²) in [5.41, 5.74) is 4.80. The Morgan fingerprint density at radius 2 is 1.58 bits per heavy atom. The number of allylic oxidation sites excluding steroid dienone is 1. The van der Waals surface area contributed by atoms with Gasteiger partial charge in [-0.3, -0.25) is 4.79 Å². The molecule has 8 heteroatoms. The lowest BCUT2D eigenvalue weighted by atomic mass is 9.77. The van der Waals surface area contributed by atoms with Gasteiger partial charge in [0.2, 0.25) is 0 Å². The van der Waals surface area contributed by atoms with Crippen LogP contribution >= 0.6 is 35.0 Å². The normalized spacial score (nSPS) is 20.3. The quantitative estimate of drug-likeness (QED) is 0.219. The standard InChI is InChI=1S/C30H24Cl2F2N2OS/c31-23-11-4-20(5-12-23)18-22-2-1-3-26-28(22)35-36(29(26)21-9-13-24(32)14-10-21)27(37)17-8-19-6-15-25(16-7-19)38-30(33)34/h4-18,26,29-30H,1-3H2/b17-8+,22-18-/t26-,29+/m0/s1. The summed E-state index contributed by atoms with van der Waals surface area (Å²) in [4.78, 5) is 14.0. The number of thioether (sulfide) groups is 1. The first-order valence-corrected chi connectivity index (χ1v) is 13.9. The van der Waals surface area contributed by atoms with Gasteiger partial charge in [0.15, 0.2) is 0 Å². The number of amides is 1. The van der Waals surface area contributed by atoms with E-state index in [9.17, 15) is 13.6 Å². The second-order valence-corrected chi connectivity index (χ2v) is 11.1. The summed E-state index contributed by atoms with van der Waals surface area (Å²) >= 11 is 12.7. The Kier molecular flexibility index (Phi) is 8.32. The molecular formula is C30H24Cl2F2N2OS. The van der Waals surface area contributed by atoms with Crippen molar-refractivity contribution in [3.8, 4) is 0 Å². The first kappa shape index (κ1) is 26.7. The molecule has 5 rings (SSSR count). The molecule has 3 aromatic rings. The SMILES string of the molecule is O=C(/C=C/c1ccc(SC(F)F)cc1)N1N=C2/C(=C\c3ccc(Cl)cc3)CCC[C@@H]2[C@H]1c1ccc(Cl)cc1. The zero-order valence-corrected chi connectivity index (χ0v) is 22.6. The van der Waals surface area contributed by atoms with Crippen LogP contribution in [0, 0.1) is 5.92 Å². The van der Waals surface area contributed by atoms with Crippen LogP contribution in [-0.4, -0.2) is 22.4 Å². The molecule has 1 heterocycles. The lowest BCUT2D eigenvalue weighted by Gasteiger charge is -2.29. The maximum absolute atomic E-state index is 13.5. The molecule has 0 radical (unpaired) electrons. The molecule has 0 unspecified atom stereocenters. The third kappa shape index (κ3) is 6.20. The maximum atomic E-state index is 13.5. The number of benzene rings is 3. The van der Waals surface area contributed by atoms with Gasteiger partial charge in [0, 0.05) is 26.9 Å². The van der Waals surface area contributed by atoms with Crippen LogP contribution in [0.4, 0.5) is 8.78 Å². The number of alkyl halides is 2. The van der Waals surface area contributed by atoms with E-state index in [-0.39, 0.29) is 17.9 Å². The van der Waals surface area contributed by atoms with Gasteiger partial charge in [0.05, 0.1) is 11.8 Å². The molecule has 1 amide bonds. The van der Waals surface area contributed by atoms with E-state index in [1.165, 1.54) is 6.08 Å². The van der Waals surface area contributed by atoms with Crippen LogP contribution in [0.15, 0.2) is 94.4 Å². The maximum Gasteiger partial charge on any atom is 0.288 e. The number of nitrogens with zero attached hydrogens (tertiary/aromatic N) is 2. The number of fused-ring (bicyclic) bond motifs is 1. The highest BCUT2D eigenvalue weighted by Crippen LogP contribution is 2.44. The summed E-state index contributed by atoms with van der Waals surface area (Å²) in [6.45, 7) is 0. The fourth-order valence-electron chi connectivity index (χ4n) is 4.94. The summed E-state index contributed by atoms with van der Waals surface area (Å²) < 4.78 is 25.2. The molecule has 2 aliphatic rings. The minimum Gasteiger partial charge on any atom is -0.268 e. The molecule has 1 fully saturated rings. The van der Waals surface area contributed by atoms with Crippen molar-refractivity contribution < 1.29 is 13.6 Å². The summed E-state index contributed by atoms with van der Waals surface area (Å²) in [5, 5.41) is 7.76. The van der Waals surface area contributed by atoms with E-state index >= 15 is 0 Å². The second kappa shape index (κ2) is 11.9. The van der Waals surface area contributed by atoms with Gasteiger partial charge in [-0.1, -0.05) is 71.4 Å². The molecule has 38 heavy (non-hydrogen) atoms. The zero-order chi connectivity index (χ0) is 26.6. The van der Waals surface area contributed by atoms with Crippen LogP contribution in [0.5, 0.6) is 0 Å². The number of hydrogen-bond acceptors (Lipinski definition) is 3. The van der Waals surface area contributed by atoms with E-state index in [2.05, 4.69) is 6.08 Å². The Labute approximate surface area is 234 Å². The Morgan fingerprint density at radius 1 is 0.947 bits per heavy atom. The van der Waals surface area contributed by atoms with Crippen molar-refractivity contribution in [1.82, 2.24) is 5.01 Å². The zero-order valence-electron chi connectivity index (χ0n) is 20.2. The minimum atomic E-state index is -2.47. The molecule has 3 nitrogen and oxygen atoms in total. The van der Waals surface area contributed by atoms with Crippen molar-refractivity contribution in [2.45, 2.75) is 36.0 Å². The molecule has 3 aromatic carbocycles. The molecule has 0 saturated heterocycles. The van der Waals surface area contributed by atoms with Crippen molar-refractivity contribution >= 4 is 58.7 Å². The fraction of sp³-hybridized carbons (Fsp3) is 0.200. The molecule has 0 N–H and O–H groups in total. The molecule has 1 aliphatic carbocycles. The average Bonchev–Trinajstić information content (AvgIpc) is 3.30. The van der Waals surface area contributed by atoms with Crippen LogP contribution in [0.2, 0.25) is 10.0 Å². The Bertz CT molecular complexity index is 1390. The lowest BCUT2D eigenvalue weighted by Crippen LogP contribution is -2.30. The van der Waals surface area contributed by atoms with Gasteiger partial charge < -0.3 is 0 Å². The first-order valence-electron chi connectivity index (χ1n) is 12.2. The highest BCUT2D eigenvalue weighted by molar-refractivity contribution is 7.99. The lowest BCUT2D eigenvalue weighted by molar-refractivity contribution is -0.128. The number of hydrazone groups is 1. The van der Waals surface area contributed by atoms with Gasteiger partial charge in [-0.2, -0.15) is 13.9 Å². The van der Waals surface area contributed by atoms with Gasteiger partial charge in [0.25, 0.3) is 11.7 Å². The van der Waals surface area contributed by atoms with Crippen LogP contribution in [0.3, 0.4) is 0 Å². The Hall–Kier alpha value is -2.93. The molecular weight excluding hydrogens is 545 g/mol. The number of rotatable bonds is 6. The van der Waals surface area contributed by atoms with Gasteiger partial charge in [-0.05, 0) is 90.1 Å². The first-order chi connectivity index (χ1) is 18.4. The molecule has 0 aromatic heterocycles. The largest absolute Gasteiger partial charge is 0.288 e. The molecule has 0 spiro atoms. The van der Waals surface area contributed by atoms with Gasteiger partial charge >= 0.3 is 0 Å². The van der Waals surface area contributed by atoms with Gasteiger partial charge in [0.1, 0.15) is 0 Å². The van der Waals surface area contributed by atoms with Gasteiger partial charge in [-0.25, -0.2) is 5.01 Å². The smallest absolute Gasteiger partial charge is 0.268 e. The summed E-state index contributed by atoms with van der Waals surface area (Å²) in [6, 6.07) is 21.7. The molecule has 194 valence electrons. The van der Waals surface area contributed by atoms with Crippen molar-refractivity contribution in [1.29, 1.82) is 0 Å². The molecule has 0 bridgehead atoms. The van der Waals surface area contributed by atoms with E-state index in [0.29, 0.717) is 26.7 Å². The average molecular weight is 570 g/mol. The monoisotopic (exact) mass is 568 g/mol. The minimum absolute atomic E-state index is 0.0616. The predicted molar refractivity (Wildman–Crippen MR) is 153 cm³/mol. The van der Waals surface area contributed by atoms with E-state index in [4.69, 9.17) is 28.3 Å². The second-order valence-electron chi connectivity index (χ2n) is 9.17. The Morgan fingerprint density at radius 3 is 2.24 bits per heavy atom. The van der Waals surface area contributed by atoms with Crippen LogP contribution in [-0.2, 0) is 4.79 Å². The van der Waals surface area contributed by atoms with Crippen molar-refractivity contribution in [3.05, 3.63) is 111 Å². The van der Waals surface area contributed by atoms with Crippen molar-refractivity contribution in [2.24, 2.45) is 11.0 Å². The van der Waals surface area contributed by atoms with Crippen molar-refractivity contribution in [2.75, 3.05) is 0 Å². The molecule has 1 aliphatic heterocycles. The van der Waals surface area contributed by atoms with Crippen LogP contribution < -0.4 is 0 Å². The molecule has 1 saturated carbocycles. The summed E-state index contributed by atoms with van der Waals surface area (Å²) in [5.74, 6) is -2.66. The molecule has 2 atom stereocenters. The fourth-order valence-corrected chi connectivity index (χ4v) is 5.69. The highest BCUT2D eigenvalue weighted by Gasteiger charge is 2.43. The predicted octanol–water partition coefficient (Wildman–Crippen LogP) is 9.14.